The van der Waals surface area contributed by atoms with Gasteiger partial charge in [-0.15, -0.1) is 0 Å². The minimum atomic E-state index is -4.72. The third-order valence-corrected chi connectivity index (χ3v) is 8.87. The summed E-state index contributed by atoms with van der Waals surface area (Å²) in [7, 11) is -4.40. The zero-order valence-corrected chi connectivity index (χ0v) is 24.0. The average molecular weight is 672 g/mol. The second kappa shape index (κ2) is 12.4. The van der Waals surface area contributed by atoms with Crippen LogP contribution in [0.4, 0.5) is 35.1 Å². The first kappa shape index (κ1) is 32.9. The Bertz CT molecular complexity index is 1760. The van der Waals surface area contributed by atoms with Gasteiger partial charge < -0.3 is 5.32 Å². The number of alkyl halides is 7. The van der Waals surface area contributed by atoms with Crippen LogP contribution in [0.3, 0.4) is 0 Å². The molecule has 4 aromatic rings. The number of carbonyl (C=O) groups is 1. The molecule has 242 valence electrons. The van der Waals surface area contributed by atoms with Gasteiger partial charge in [0.2, 0.25) is 15.9 Å². The lowest BCUT2D eigenvalue weighted by atomic mass is 10.1. The summed E-state index contributed by atoms with van der Waals surface area (Å²) in [4.78, 5) is 24.0. The molecule has 1 aromatic carbocycles. The van der Waals surface area contributed by atoms with Gasteiger partial charge in [-0.2, -0.15) is 30.6 Å². The van der Waals surface area contributed by atoms with Gasteiger partial charge in [0.15, 0.2) is 0 Å². The van der Waals surface area contributed by atoms with Gasteiger partial charge in [0.05, 0.1) is 16.3 Å². The monoisotopic (exact) mass is 671 g/mol. The fraction of sp³-hybridized carbons (Fsp3) is 0.241. The summed E-state index contributed by atoms with van der Waals surface area (Å²) in [5.41, 5.74) is -1.77. The van der Waals surface area contributed by atoms with Gasteiger partial charge in [0.1, 0.15) is 29.4 Å². The molecule has 1 amide bonds. The molecule has 0 bridgehead atoms. The van der Waals surface area contributed by atoms with Crippen molar-refractivity contribution in [2.75, 3.05) is 6.54 Å². The van der Waals surface area contributed by atoms with E-state index < -0.39 is 70.7 Å². The van der Waals surface area contributed by atoms with Crippen LogP contribution in [0, 0.1) is 5.82 Å². The number of nitrogens with zero attached hydrogens (tertiary/aromatic N) is 4. The Kier molecular flexibility index (Phi) is 8.83. The van der Waals surface area contributed by atoms with E-state index in [1.165, 1.54) is 12.1 Å². The van der Waals surface area contributed by atoms with E-state index in [4.69, 9.17) is 0 Å². The quantitative estimate of drug-likeness (QED) is 0.249. The van der Waals surface area contributed by atoms with Crippen LogP contribution < -0.4 is 5.32 Å². The summed E-state index contributed by atoms with van der Waals surface area (Å²) in [6, 6.07) is 8.68. The van der Waals surface area contributed by atoms with Crippen LogP contribution in [-0.2, 0) is 33.7 Å². The van der Waals surface area contributed by atoms with E-state index in [9.17, 15) is 48.3 Å². The Morgan fingerprint density at radius 3 is 1.83 bits per heavy atom. The molecule has 2 atom stereocenters. The predicted molar refractivity (Wildman–Crippen MR) is 146 cm³/mol. The number of aromatic nitrogens is 3. The fourth-order valence-electron chi connectivity index (χ4n) is 4.72. The molecule has 1 aliphatic rings. The van der Waals surface area contributed by atoms with E-state index in [2.05, 4.69) is 20.3 Å². The zero-order chi connectivity index (χ0) is 33.4. The largest absolute Gasteiger partial charge is 0.433 e. The summed E-state index contributed by atoms with van der Waals surface area (Å²) in [6.45, 7) is -0.940. The second-order valence-electron chi connectivity index (χ2n) is 10.2. The lowest BCUT2D eigenvalue weighted by Gasteiger charge is -2.23. The molecule has 1 aliphatic heterocycles. The molecule has 8 nitrogen and oxygen atoms in total. The van der Waals surface area contributed by atoms with Gasteiger partial charge in [0.25, 0.3) is 0 Å². The molecule has 1 fully saturated rings. The van der Waals surface area contributed by atoms with Crippen molar-refractivity contribution in [3.63, 3.8) is 0 Å². The number of halogens is 8. The fourth-order valence-corrected chi connectivity index (χ4v) is 6.35. The standard InChI is InChI=1S/C29H21F8N5O3S/c30-19-3-5-21(6-4-19)46(44,45)42-15-20(31)11-24(42)27(43)40-12-16-9-22(17-1-7-25(38-13-17)28(32,33)34)41-23(10-16)18-2-8-26(39-14-18)29(35,36)37/h1-10,13-14,20,24H,11-12,15H2,(H,40,43)/t20-,24+/m1/s1. The van der Waals surface area contributed by atoms with E-state index in [1.54, 1.807) is 0 Å². The predicted octanol–water partition coefficient (Wildman–Crippen LogP) is 5.80. The Balaban J connectivity index is 1.44. The highest BCUT2D eigenvalue weighted by Crippen LogP contribution is 2.32. The first-order valence-corrected chi connectivity index (χ1v) is 14.7. The summed E-state index contributed by atoms with van der Waals surface area (Å²) >= 11 is 0. The number of hydrogen-bond acceptors (Lipinski definition) is 6. The number of rotatable bonds is 7. The maximum atomic E-state index is 14.4. The zero-order valence-electron chi connectivity index (χ0n) is 23.1. The van der Waals surface area contributed by atoms with Crippen LogP contribution >= 0.6 is 0 Å². The highest BCUT2D eigenvalue weighted by atomic mass is 32.2. The Morgan fingerprint density at radius 1 is 0.848 bits per heavy atom. The summed E-state index contributed by atoms with van der Waals surface area (Å²) in [5, 5.41) is 2.51. The van der Waals surface area contributed by atoms with E-state index in [-0.39, 0.29) is 39.5 Å². The van der Waals surface area contributed by atoms with Gasteiger partial charge in [-0.1, -0.05) is 0 Å². The molecule has 46 heavy (non-hydrogen) atoms. The summed E-state index contributed by atoms with van der Waals surface area (Å²) in [6.07, 6.45) is -9.77. The third-order valence-electron chi connectivity index (χ3n) is 6.98. The molecular weight excluding hydrogens is 650 g/mol. The van der Waals surface area contributed by atoms with E-state index >= 15 is 0 Å². The van der Waals surface area contributed by atoms with Crippen molar-refractivity contribution < 1.29 is 48.3 Å². The van der Waals surface area contributed by atoms with Crippen LogP contribution in [0.2, 0.25) is 0 Å². The van der Waals surface area contributed by atoms with Gasteiger partial charge in [-0.25, -0.2) is 22.2 Å². The molecule has 1 N–H and O–H groups in total. The Morgan fingerprint density at radius 2 is 1.37 bits per heavy atom. The van der Waals surface area contributed by atoms with E-state index in [0.717, 1.165) is 48.8 Å². The molecule has 0 unspecified atom stereocenters. The lowest BCUT2D eigenvalue weighted by Crippen LogP contribution is -2.45. The average Bonchev–Trinajstić information content (AvgIpc) is 3.42. The molecule has 0 radical (unpaired) electrons. The summed E-state index contributed by atoms with van der Waals surface area (Å²) < 4.78 is 133. The molecule has 0 aliphatic carbocycles. The Hall–Kier alpha value is -4.51. The van der Waals surface area contributed by atoms with E-state index in [1.807, 2.05) is 0 Å². The van der Waals surface area contributed by atoms with Gasteiger partial charge in [-0.3, -0.25) is 14.8 Å². The van der Waals surface area contributed by atoms with Gasteiger partial charge in [0, 0.05) is 43.0 Å². The molecule has 4 heterocycles. The van der Waals surface area contributed by atoms with Crippen molar-refractivity contribution in [3.8, 4) is 22.5 Å². The van der Waals surface area contributed by atoms with Crippen molar-refractivity contribution in [2.45, 2.75) is 42.4 Å². The van der Waals surface area contributed by atoms with Crippen LogP contribution in [0.1, 0.15) is 23.4 Å². The molecule has 0 spiro atoms. The van der Waals surface area contributed by atoms with Crippen molar-refractivity contribution in [2.24, 2.45) is 0 Å². The van der Waals surface area contributed by atoms with Crippen LogP contribution in [-0.4, -0.2) is 52.3 Å². The van der Waals surface area contributed by atoms with Crippen molar-refractivity contribution >= 4 is 15.9 Å². The maximum Gasteiger partial charge on any atom is 0.433 e. The van der Waals surface area contributed by atoms with Crippen LogP contribution in [0.25, 0.3) is 22.5 Å². The number of amides is 1. The van der Waals surface area contributed by atoms with Crippen LogP contribution in [0.5, 0.6) is 0 Å². The number of sulfonamides is 1. The molecule has 1 saturated heterocycles. The van der Waals surface area contributed by atoms with E-state index in [0.29, 0.717) is 16.4 Å². The topological polar surface area (TPSA) is 105 Å². The molecule has 17 heteroatoms. The summed E-state index contributed by atoms with van der Waals surface area (Å²) in [5.74, 6) is -1.58. The normalized spacial score (nSPS) is 17.7. The van der Waals surface area contributed by atoms with Gasteiger partial charge in [-0.05, 0) is 66.2 Å². The number of hydrogen-bond donors (Lipinski definition) is 1. The number of pyridine rings is 3. The number of benzene rings is 1. The molecule has 5 rings (SSSR count). The highest BCUT2D eigenvalue weighted by Gasteiger charge is 2.44. The molecule has 3 aromatic heterocycles. The molecular formula is C29H21F8N5O3S. The maximum absolute atomic E-state index is 14.4. The minimum absolute atomic E-state index is 0.0491. The van der Waals surface area contributed by atoms with Crippen molar-refractivity contribution in [1.82, 2.24) is 24.6 Å². The third kappa shape index (κ3) is 7.14. The number of carbonyl (C=O) groups excluding carboxylic acids is 1. The van der Waals surface area contributed by atoms with Gasteiger partial charge >= 0.3 is 12.4 Å². The number of nitrogens with one attached hydrogen (secondary N) is 1. The van der Waals surface area contributed by atoms with Crippen molar-refractivity contribution in [1.29, 1.82) is 0 Å². The minimum Gasteiger partial charge on any atom is -0.351 e. The molecule has 0 saturated carbocycles. The lowest BCUT2D eigenvalue weighted by molar-refractivity contribution is -0.141. The first-order chi connectivity index (χ1) is 21.5. The smallest absolute Gasteiger partial charge is 0.351 e. The second-order valence-corrected chi connectivity index (χ2v) is 12.1. The van der Waals surface area contributed by atoms with Crippen molar-refractivity contribution in [3.05, 3.63) is 95.8 Å². The highest BCUT2D eigenvalue weighted by molar-refractivity contribution is 7.89. The SMILES string of the molecule is O=C(NCc1cc(-c2ccc(C(F)(F)F)nc2)nc(-c2ccc(C(F)(F)F)nc2)c1)[C@@H]1C[C@@H](F)CN1S(=O)(=O)c1ccc(F)cc1. The first-order valence-electron chi connectivity index (χ1n) is 13.3. The Labute approximate surface area is 256 Å². The van der Waals surface area contributed by atoms with Crippen LogP contribution in [0.15, 0.2) is 78.0 Å².